The van der Waals surface area contributed by atoms with Gasteiger partial charge in [0.25, 0.3) is 0 Å². The van der Waals surface area contributed by atoms with E-state index in [1.54, 1.807) is 7.05 Å². The number of rotatable bonds is 5. The van der Waals surface area contributed by atoms with E-state index in [2.05, 4.69) is 10.3 Å². The van der Waals surface area contributed by atoms with Crippen LogP contribution in [0, 0.1) is 0 Å². The molecular weight excluding hydrogens is 204 g/mol. The molecule has 86 valence electrons. The fourth-order valence-corrected chi connectivity index (χ4v) is 1.33. The van der Waals surface area contributed by atoms with E-state index in [0.717, 1.165) is 11.8 Å². The van der Waals surface area contributed by atoms with Crippen LogP contribution in [0.15, 0.2) is 29.3 Å². The fourth-order valence-electron chi connectivity index (χ4n) is 1.33. The summed E-state index contributed by atoms with van der Waals surface area (Å²) >= 11 is 0. The zero-order valence-corrected chi connectivity index (χ0v) is 9.18. The zero-order chi connectivity index (χ0) is 12.0. The van der Waals surface area contributed by atoms with Crippen LogP contribution < -0.4 is 16.8 Å². The molecule has 0 fully saturated rings. The second-order valence-corrected chi connectivity index (χ2v) is 3.44. The number of hydrogen-bond donors (Lipinski definition) is 3. The van der Waals surface area contributed by atoms with Crippen molar-refractivity contribution in [2.45, 2.75) is 12.5 Å². The monoisotopic (exact) mass is 220 g/mol. The van der Waals surface area contributed by atoms with Gasteiger partial charge in [0.1, 0.15) is 6.29 Å². The standard InChI is InChI=1S/C11H16N4O/c1-14-10(7-16)6-8-2-4-9(5-3-8)15-11(12)13/h2-5,7,10,14H,6H2,1H3,(H4,12,13,15)/t10-/m0/s1. The summed E-state index contributed by atoms with van der Waals surface area (Å²) in [6.45, 7) is 0. The number of aliphatic imine (C=N–C) groups is 1. The van der Waals surface area contributed by atoms with Gasteiger partial charge in [0.15, 0.2) is 5.96 Å². The summed E-state index contributed by atoms with van der Waals surface area (Å²) in [5.41, 5.74) is 12.3. The number of likely N-dealkylation sites (N-methyl/N-ethyl adjacent to an activating group) is 1. The maximum atomic E-state index is 10.6. The van der Waals surface area contributed by atoms with E-state index in [9.17, 15) is 4.79 Å². The van der Waals surface area contributed by atoms with Crippen LogP contribution in [-0.4, -0.2) is 25.3 Å². The van der Waals surface area contributed by atoms with Crippen molar-refractivity contribution in [1.82, 2.24) is 5.32 Å². The van der Waals surface area contributed by atoms with Crippen molar-refractivity contribution < 1.29 is 4.79 Å². The Hall–Kier alpha value is -1.88. The fraction of sp³-hybridized carbons (Fsp3) is 0.273. The van der Waals surface area contributed by atoms with Crippen molar-refractivity contribution in [1.29, 1.82) is 0 Å². The molecule has 0 unspecified atom stereocenters. The highest BCUT2D eigenvalue weighted by atomic mass is 16.1. The van der Waals surface area contributed by atoms with Crippen molar-refractivity contribution >= 4 is 17.9 Å². The highest BCUT2D eigenvalue weighted by molar-refractivity contribution is 5.78. The van der Waals surface area contributed by atoms with Gasteiger partial charge in [-0.05, 0) is 31.2 Å². The number of nitrogens with zero attached hydrogens (tertiary/aromatic N) is 1. The lowest BCUT2D eigenvalue weighted by Gasteiger charge is -2.08. The number of benzene rings is 1. The first-order valence-electron chi connectivity index (χ1n) is 4.97. The van der Waals surface area contributed by atoms with Gasteiger partial charge in [-0.1, -0.05) is 12.1 Å². The van der Waals surface area contributed by atoms with E-state index in [1.807, 2.05) is 24.3 Å². The lowest BCUT2D eigenvalue weighted by molar-refractivity contribution is -0.109. The highest BCUT2D eigenvalue weighted by Gasteiger charge is 2.04. The van der Waals surface area contributed by atoms with E-state index in [1.165, 1.54) is 0 Å². The maximum Gasteiger partial charge on any atom is 0.191 e. The number of carbonyl (C=O) groups excluding carboxylic acids is 1. The zero-order valence-electron chi connectivity index (χ0n) is 9.18. The average molecular weight is 220 g/mol. The lowest BCUT2D eigenvalue weighted by Crippen LogP contribution is -2.28. The van der Waals surface area contributed by atoms with Gasteiger partial charge in [-0.25, -0.2) is 4.99 Å². The van der Waals surface area contributed by atoms with Crippen molar-refractivity contribution in [3.63, 3.8) is 0 Å². The SMILES string of the molecule is CN[C@H](C=O)Cc1ccc(N=C(N)N)cc1. The minimum Gasteiger partial charge on any atom is -0.370 e. The predicted molar refractivity (Wildman–Crippen MR) is 64.5 cm³/mol. The Bertz CT molecular complexity index is 368. The van der Waals surface area contributed by atoms with E-state index in [4.69, 9.17) is 11.5 Å². The molecule has 0 aromatic heterocycles. The van der Waals surface area contributed by atoms with Crippen LogP contribution in [-0.2, 0) is 11.2 Å². The first-order valence-corrected chi connectivity index (χ1v) is 4.97. The third-order valence-electron chi connectivity index (χ3n) is 2.19. The largest absolute Gasteiger partial charge is 0.370 e. The number of nitrogens with two attached hydrogens (primary N) is 2. The summed E-state index contributed by atoms with van der Waals surface area (Å²) in [6, 6.07) is 7.26. The molecule has 0 saturated heterocycles. The van der Waals surface area contributed by atoms with E-state index < -0.39 is 0 Å². The second-order valence-electron chi connectivity index (χ2n) is 3.44. The molecule has 1 atom stereocenters. The van der Waals surface area contributed by atoms with Crippen molar-refractivity contribution in [3.8, 4) is 0 Å². The van der Waals surface area contributed by atoms with Crippen LogP contribution >= 0.6 is 0 Å². The molecule has 1 rings (SSSR count). The molecule has 0 radical (unpaired) electrons. The second kappa shape index (κ2) is 5.87. The minimum atomic E-state index is -0.158. The maximum absolute atomic E-state index is 10.6. The molecular formula is C11H16N4O. The van der Waals surface area contributed by atoms with Gasteiger partial charge in [0.05, 0.1) is 11.7 Å². The van der Waals surface area contributed by atoms with Crippen LogP contribution in [0.25, 0.3) is 0 Å². The molecule has 0 heterocycles. The molecule has 0 aliphatic heterocycles. The molecule has 0 aliphatic rings. The summed E-state index contributed by atoms with van der Waals surface area (Å²) < 4.78 is 0. The third kappa shape index (κ3) is 3.70. The number of hydrogen-bond acceptors (Lipinski definition) is 3. The van der Waals surface area contributed by atoms with Gasteiger partial charge < -0.3 is 21.6 Å². The number of guanidine groups is 1. The van der Waals surface area contributed by atoms with E-state index in [0.29, 0.717) is 12.1 Å². The van der Waals surface area contributed by atoms with Crippen LogP contribution in [0.2, 0.25) is 0 Å². The Morgan fingerprint density at radius 1 is 1.44 bits per heavy atom. The smallest absolute Gasteiger partial charge is 0.191 e. The first-order chi connectivity index (χ1) is 7.65. The molecule has 0 spiro atoms. The Balaban J connectivity index is 2.71. The molecule has 16 heavy (non-hydrogen) atoms. The molecule has 5 nitrogen and oxygen atoms in total. The topological polar surface area (TPSA) is 93.5 Å². The van der Waals surface area contributed by atoms with Gasteiger partial charge in [0.2, 0.25) is 0 Å². The molecule has 1 aromatic carbocycles. The van der Waals surface area contributed by atoms with E-state index >= 15 is 0 Å². The average Bonchev–Trinajstić information content (AvgIpc) is 2.27. The molecule has 0 bridgehead atoms. The Morgan fingerprint density at radius 3 is 2.50 bits per heavy atom. The Kier molecular flexibility index (Phi) is 4.47. The third-order valence-corrected chi connectivity index (χ3v) is 2.19. The molecule has 0 saturated carbocycles. The summed E-state index contributed by atoms with van der Waals surface area (Å²) in [7, 11) is 1.76. The Labute approximate surface area is 94.5 Å². The normalized spacial score (nSPS) is 11.8. The molecule has 1 aromatic rings. The minimum absolute atomic E-state index is 0.0359. The van der Waals surface area contributed by atoms with Crippen molar-refractivity contribution in [2.75, 3.05) is 7.05 Å². The van der Waals surface area contributed by atoms with Gasteiger partial charge >= 0.3 is 0 Å². The molecule has 0 aliphatic carbocycles. The van der Waals surface area contributed by atoms with Gasteiger partial charge in [-0.2, -0.15) is 0 Å². The summed E-state index contributed by atoms with van der Waals surface area (Å²) in [6.07, 6.45) is 1.55. The number of nitrogens with one attached hydrogen (secondary N) is 1. The van der Waals surface area contributed by atoms with Crippen LogP contribution in [0.3, 0.4) is 0 Å². The quantitative estimate of drug-likeness (QED) is 0.367. The highest BCUT2D eigenvalue weighted by Crippen LogP contribution is 2.13. The number of aldehydes is 1. The molecule has 5 N–H and O–H groups in total. The summed E-state index contributed by atoms with van der Waals surface area (Å²) in [5.74, 6) is 0.0359. The van der Waals surface area contributed by atoms with Gasteiger partial charge in [0, 0.05) is 0 Å². The first kappa shape index (κ1) is 12.2. The van der Waals surface area contributed by atoms with Crippen LogP contribution in [0.1, 0.15) is 5.56 Å². The van der Waals surface area contributed by atoms with Crippen molar-refractivity contribution in [3.05, 3.63) is 29.8 Å². The summed E-state index contributed by atoms with van der Waals surface area (Å²) in [5, 5.41) is 2.91. The van der Waals surface area contributed by atoms with Crippen molar-refractivity contribution in [2.24, 2.45) is 16.5 Å². The van der Waals surface area contributed by atoms with E-state index in [-0.39, 0.29) is 12.0 Å². The van der Waals surface area contributed by atoms with Gasteiger partial charge in [-0.3, -0.25) is 0 Å². The molecule has 0 amide bonds. The number of carbonyl (C=O) groups is 1. The van der Waals surface area contributed by atoms with Gasteiger partial charge in [-0.15, -0.1) is 0 Å². The molecule has 5 heteroatoms. The predicted octanol–water partition coefficient (Wildman–Crippen LogP) is -0.0791. The Morgan fingerprint density at radius 2 is 2.06 bits per heavy atom. The van der Waals surface area contributed by atoms with Crippen LogP contribution in [0.5, 0.6) is 0 Å². The summed E-state index contributed by atoms with van der Waals surface area (Å²) in [4.78, 5) is 14.5. The lowest BCUT2D eigenvalue weighted by atomic mass is 10.1. The van der Waals surface area contributed by atoms with Crippen LogP contribution in [0.4, 0.5) is 5.69 Å².